The van der Waals surface area contributed by atoms with Gasteiger partial charge in [-0.05, 0) is 25.2 Å². The minimum absolute atomic E-state index is 0.338. The number of hydrogen-bond donors (Lipinski definition) is 2. The Kier molecular flexibility index (Phi) is 4.39. The lowest BCUT2D eigenvalue weighted by molar-refractivity contribution is -0.142. The van der Waals surface area contributed by atoms with E-state index in [4.69, 9.17) is 5.11 Å². The molecule has 82 valence electrons. The lowest BCUT2D eigenvalue weighted by Gasteiger charge is -2.27. The van der Waals surface area contributed by atoms with E-state index < -0.39 is 18.0 Å². The molecule has 0 aromatic heterocycles. The molecule has 1 rings (SSSR count). The predicted octanol–water partition coefficient (Wildman–Crippen LogP) is 2.04. The summed E-state index contributed by atoms with van der Waals surface area (Å²) in [6.45, 7) is 1.66. The smallest absolute Gasteiger partial charge is 0.306 e. The van der Waals surface area contributed by atoms with Gasteiger partial charge in [0.1, 0.15) is 0 Å². The fourth-order valence-electron chi connectivity index (χ4n) is 2.17. The summed E-state index contributed by atoms with van der Waals surface area (Å²) in [5.41, 5.74) is 0. The topological polar surface area (TPSA) is 57.5 Å². The van der Waals surface area contributed by atoms with E-state index in [1.54, 1.807) is 6.92 Å². The van der Waals surface area contributed by atoms with Gasteiger partial charge in [-0.15, -0.1) is 0 Å². The minimum atomic E-state index is -0.806. The first-order valence-corrected chi connectivity index (χ1v) is 5.52. The molecular weight excluding hydrogens is 180 g/mol. The first-order chi connectivity index (χ1) is 6.61. The van der Waals surface area contributed by atoms with Crippen LogP contribution < -0.4 is 0 Å². The summed E-state index contributed by atoms with van der Waals surface area (Å²) >= 11 is 0. The largest absolute Gasteiger partial charge is 0.481 e. The molecule has 0 bridgehead atoms. The van der Waals surface area contributed by atoms with Gasteiger partial charge in [-0.3, -0.25) is 4.79 Å². The van der Waals surface area contributed by atoms with Gasteiger partial charge in [-0.2, -0.15) is 0 Å². The molecule has 1 aliphatic rings. The van der Waals surface area contributed by atoms with Crippen LogP contribution in [-0.2, 0) is 4.79 Å². The van der Waals surface area contributed by atoms with Crippen LogP contribution in [-0.4, -0.2) is 22.3 Å². The van der Waals surface area contributed by atoms with E-state index in [-0.39, 0.29) is 0 Å². The zero-order chi connectivity index (χ0) is 10.6. The van der Waals surface area contributed by atoms with Crippen LogP contribution in [0, 0.1) is 11.8 Å². The van der Waals surface area contributed by atoms with Crippen LogP contribution in [0.2, 0.25) is 0 Å². The standard InChI is InChI=1S/C11H20O3/c1-8(11(13)14)7-10(12)9-5-3-2-4-6-9/h8-10,12H,2-7H2,1H3,(H,13,14). The van der Waals surface area contributed by atoms with E-state index in [0.717, 1.165) is 12.8 Å². The van der Waals surface area contributed by atoms with Gasteiger partial charge in [0.15, 0.2) is 0 Å². The predicted molar refractivity (Wildman–Crippen MR) is 54.0 cm³/mol. The van der Waals surface area contributed by atoms with Crippen molar-refractivity contribution in [3.63, 3.8) is 0 Å². The molecule has 0 aromatic carbocycles. The van der Waals surface area contributed by atoms with Crippen LogP contribution in [0.5, 0.6) is 0 Å². The molecule has 0 spiro atoms. The van der Waals surface area contributed by atoms with Gasteiger partial charge in [-0.1, -0.05) is 26.2 Å². The summed E-state index contributed by atoms with van der Waals surface area (Å²) in [5, 5.41) is 18.5. The van der Waals surface area contributed by atoms with Crippen molar-refractivity contribution >= 4 is 5.97 Å². The quantitative estimate of drug-likeness (QED) is 0.730. The summed E-state index contributed by atoms with van der Waals surface area (Å²) in [7, 11) is 0. The van der Waals surface area contributed by atoms with Crippen LogP contribution in [0.4, 0.5) is 0 Å². The molecule has 14 heavy (non-hydrogen) atoms. The van der Waals surface area contributed by atoms with Crippen molar-refractivity contribution in [3.8, 4) is 0 Å². The lowest BCUT2D eigenvalue weighted by atomic mass is 9.82. The monoisotopic (exact) mass is 200 g/mol. The molecule has 2 N–H and O–H groups in total. The van der Waals surface area contributed by atoms with E-state index in [2.05, 4.69) is 0 Å². The molecule has 0 saturated heterocycles. The molecule has 2 unspecified atom stereocenters. The van der Waals surface area contributed by atoms with Crippen molar-refractivity contribution in [3.05, 3.63) is 0 Å². The SMILES string of the molecule is CC(CC(O)C1CCCCC1)C(=O)O. The molecule has 0 aliphatic heterocycles. The highest BCUT2D eigenvalue weighted by molar-refractivity contribution is 5.69. The number of carbonyl (C=O) groups is 1. The van der Waals surface area contributed by atoms with Gasteiger partial charge < -0.3 is 10.2 Å². The van der Waals surface area contributed by atoms with Crippen molar-refractivity contribution in [2.45, 2.75) is 51.6 Å². The molecule has 0 heterocycles. The van der Waals surface area contributed by atoms with Crippen molar-refractivity contribution in [1.29, 1.82) is 0 Å². The second-order valence-electron chi connectivity index (χ2n) is 4.44. The molecule has 1 fully saturated rings. The van der Waals surface area contributed by atoms with Crippen LogP contribution in [0.3, 0.4) is 0 Å². The molecule has 1 saturated carbocycles. The first kappa shape index (κ1) is 11.5. The Morgan fingerprint density at radius 3 is 2.43 bits per heavy atom. The Hall–Kier alpha value is -0.570. The minimum Gasteiger partial charge on any atom is -0.481 e. The maximum Gasteiger partial charge on any atom is 0.306 e. The molecule has 3 heteroatoms. The third-order valence-corrected chi connectivity index (χ3v) is 3.21. The average Bonchev–Trinajstić information content (AvgIpc) is 2.19. The Labute approximate surface area is 85.1 Å². The van der Waals surface area contributed by atoms with Gasteiger partial charge in [-0.25, -0.2) is 0 Å². The fourth-order valence-corrected chi connectivity index (χ4v) is 2.17. The van der Waals surface area contributed by atoms with Gasteiger partial charge in [0, 0.05) is 0 Å². The molecule has 3 nitrogen and oxygen atoms in total. The van der Waals surface area contributed by atoms with E-state index in [1.165, 1.54) is 19.3 Å². The maximum atomic E-state index is 10.6. The Morgan fingerprint density at radius 2 is 1.93 bits per heavy atom. The third kappa shape index (κ3) is 3.29. The van der Waals surface area contributed by atoms with Gasteiger partial charge in [0.25, 0.3) is 0 Å². The Bertz CT molecular complexity index is 185. The van der Waals surface area contributed by atoms with Crippen molar-refractivity contribution in [2.24, 2.45) is 11.8 Å². The number of aliphatic hydroxyl groups excluding tert-OH is 1. The van der Waals surface area contributed by atoms with Crippen LogP contribution in [0.1, 0.15) is 45.4 Å². The normalized spacial score (nSPS) is 23.0. The Balaban J connectivity index is 2.32. The van der Waals surface area contributed by atoms with Crippen LogP contribution in [0.25, 0.3) is 0 Å². The highest BCUT2D eigenvalue weighted by Crippen LogP contribution is 2.28. The van der Waals surface area contributed by atoms with E-state index >= 15 is 0 Å². The summed E-state index contributed by atoms with van der Waals surface area (Å²) in [4.78, 5) is 10.6. The van der Waals surface area contributed by atoms with E-state index in [0.29, 0.717) is 12.3 Å². The van der Waals surface area contributed by atoms with Gasteiger partial charge in [0.2, 0.25) is 0 Å². The molecule has 0 amide bonds. The third-order valence-electron chi connectivity index (χ3n) is 3.21. The summed E-state index contributed by atoms with van der Waals surface area (Å²) in [5.74, 6) is -0.891. The number of hydrogen-bond acceptors (Lipinski definition) is 2. The molecule has 2 atom stereocenters. The first-order valence-electron chi connectivity index (χ1n) is 5.52. The second kappa shape index (κ2) is 5.35. The van der Waals surface area contributed by atoms with Crippen molar-refractivity contribution < 1.29 is 15.0 Å². The lowest BCUT2D eigenvalue weighted by Crippen LogP contribution is -2.27. The van der Waals surface area contributed by atoms with Gasteiger partial charge >= 0.3 is 5.97 Å². The second-order valence-corrected chi connectivity index (χ2v) is 4.44. The molecule has 0 aromatic rings. The summed E-state index contributed by atoms with van der Waals surface area (Å²) in [6, 6.07) is 0. The van der Waals surface area contributed by atoms with E-state index in [9.17, 15) is 9.90 Å². The van der Waals surface area contributed by atoms with Crippen LogP contribution >= 0.6 is 0 Å². The molecule has 0 radical (unpaired) electrons. The number of rotatable bonds is 4. The highest BCUT2D eigenvalue weighted by atomic mass is 16.4. The summed E-state index contributed by atoms with van der Waals surface area (Å²) < 4.78 is 0. The summed E-state index contributed by atoms with van der Waals surface area (Å²) in [6.07, 6.45) is 5.74. The average molecular weight is 200 g/mol. The zero-order valence-electron chi connectivity index (χ0n) is 8.78. The maximum absolute atomic E-state index is 10.6. The van der Waals surface area contributed by atoms with Crippen molar-refractivity contribution in [2.75, 3.05) is 0 Å². The Morgan fingerprint density at radius 1 is 1.36 bits per heavy atom. The number of aliphatic hydroxyl groups is 1. The zero-order valence-corrected chi connectivity index (χ0v) is 8.78. The van der Waals surface area contributed by atoms with Crippen molar-refractivity contribution in [1.82, 2.24) is 0 Å². The molecule has 1 aliphatic carbocycles. The molecular formula is C11H20O3. The number of carboxylic acids is 1. The van der Waals surface area contributed by atoms with Crippen LogP contribution in [0.15, 0.2) is 0 Å². The highest BCUT2D eigenvalue weighted by Gasteiger charge is 2.25. The fraction of sp³-hybridized carbons (Fsp3) is 0.909. The van der Waals surface area contributed by atoms with Gasteiger partial charge in [0.05, 0.1) is 12.0 Å². The number of carboxylic acid groups (broad SMARTS) is 1. The number of aliphatic carboxylic acids is 1. The van der Waals surface area contributed by atoms with E-state index in [1.807, 2.05) is 0 Å².